The highest BCUT2D eigenvalue weighted by atomic mass is 16.5. The average molecular weight is 375 g/mol. The van der Waals surface area contributed by atoms with Crippen LogP contribution in [0.4, 0.5) is 0 Å². The highest BCUT2D eigenvalue weighted by molar-refractivity contribution is 5.81. The Morgan fingerprint density at radius 3 is 2.89 bits per heavy atom. The van der Waals surface area contributed by atoms with Crippen LogP contribution in [-0.2, 0) is 11.2 Å². The fourth-order valence-electron chi connectivity index (χ4n) is 4.14. The molecule has 0 radical (unpaired) electrons. The first-order valence-corrected chi connectivity index (χ1v) is 10.1. The van der Waals surface area contributed by atoms with Gasteiger partial charge in [0.15, 0.2) is 0 Å². The lowest BCUT2D eigenvalue weighted by atomic mass is 10.1. The fraction of sp³-hybridized carbons (Fsp3) is 0.348. The number of fused-ring (bicyclic) bond motifs is 3. The minimum Gasteiger partial charge on any atom is -0.494 e. The Kier molecular flexibility index (Phi) is 4.85. The van der Waals surface area contributed by atoms with Gasteiger partial charge in [0.05, 0.1) is 31.2 Å². The first-order valence-electron chi connectivity index (χ1n) is 10.1. The molecule has 5 heteroatoms. The van der Waals surface area contributed by atoms with E-state index >= 15 is 0 Å². The number of aromatic amines is 1. The van der Waals surface area contributed by atoms with E-state index in [4.69, 9.17) is 9.47 Å². The number of H-pyrrole nitrogens is 1. The summed E-state index contributed by atoms with van der Waals surface area (Å²) in [5.74, 6) is 0.909. The number of nitrogens with one attached hydrogen (secondary N) is 1. The van der Waals surface area contributed by atoms with Gasteiger partial charge in [-0.15, -0.1) is 0 Å². The predicted octanol–water partition coefficient (Wildman–Crippen LogP) is 3.75. The van der Waals surface area contributed by atoms with Crippen LogP contribution in [-0.4, -0.2) is 54.6 Å². The van der Waals surface area contributed by atoms with E-state index < -0.39 is 0 Å². The van der Waals surface area contributed by atoms with Crippen molar-refractivity contribution < 1.29 is 9.47 Å². The third-order valence-electron chi connectivity index (χ3n) is 5.62. The summed E-state index contributed by atoms with van der Waals surface area (Å²) in [5.41, 5.74) is 7.21. The Labute approximate surface area is 165 Å². The maximum absolute atomic E-state index is 6.02. The average Bonchev–Trinajstić information content (AvgIpc) is 3.31. The van der Waals surface area contributed by atoms with E-state index in [1.807, 2.05) is 6.07 Å². The molecule has 0 saturated carbocycles. The molecular weight excluding hydrogens is 350 g/mol. The number of ether oxygens (including phenoxy) is 2. The number of aromatic nitrogens is 2. The van der Waals surface area contributed by atoms with Gasteiger partial charge in [-0.25, -0.2) is 0 Å². The largest absolute Gasteiger partial charge is 0.494 e. The normalized spacial score (nSPS) is 16.0. The van der Waals surface area contributed by atoms with Gasteiger partial charge in [0.2, 0.25) is 0 Å². The van der Waals surface area contributed by atoms with Gasteiger partial charge < -0.3 is 9.47 Å². The quantitative estimate of drug-likeness (QED) is 0.522. The molecule has 28 heavy (non-hydrogen) atoms. The number of benzene rings is 2. The summed E-state index contributed by atoms with van der Waals surface area (Å²) >= 11 is 0. The highest BCUT2D eigenvalue weighted by Gasteiger charge is 2.24. The zero-order chi connectivity index (χ0) is 18.8. The standard InChI is InChI=1S/C23H25N3O2/c1-2-8-20-17(5-1)16-21-22(24-25-23(20)21)18-6-3-7-19(15-18)28-12-4-9-26-10-13-27-14-11-26/h1-3,5-8,15H,4,9-14,16H2,(H,24,25). The molecule has 1 aliphatic heterocycles. The number of nitrogens with zero attached hydrogens (tertiary/aromatic N) is 2. The van der Waals surface area contributed by atoms with Crippen LogP contribution in [0.1, 0.15) is 17.5 Å². The molecule has 1 aromatic heterocycles. The molecule has 0 unspecified atom stereocenters. The Morgan fingerprint density at radius 1 is 1.07 bits per heavy atom. The third kappa shape index (κ3) is 3.43. The van der Waals surface area contributed by atoms with Crippen molar-refractivity contribution in [1.82, 2.24) is 15.1 Å². The van der Waals surface area contributed by atoms with Crippen LogP contribution in [0, 0.1) is 0 Å². The van der Waals surface area contributed by atoms with E-state index in [0.717, 1.165) is 75.0 Å². The van der Waals surface area contributed by atoms with E-state index in [0.29, 0.717) is 0 Å². The number of hydrogen-bond donors (Lipinski definition) is 1. The van der Waals surface area contributed by atoms with Crippen LogP contribution in [0.3, 0.4) is 0 Å². The van der Waals surface area contributed by atoms with Gasteiger partial charge in [-0.1, -0.05) is 36.4 Å². The summed E-state index contributed by atoms with van der Waals surface area (Å²) in [7, 11) is 0. The lowest BCUT2D eigenvalue weighted by molar-refractivity contribution is 0.0358. The molecule has 1 saturated heterocycles. The van der Waals surface area contributed by atoms with E-state index in [1.54, 1.807) is 0 Å². The Morgan fingerprint density at radius 2 is 1.96 bits per heavy atom. The number of morpholine rings is 1. The van der Waals surface area contributed by atoms with Crippen molar-refractivity contribution in [3.05, 3.63) is 59.7 Å². The lowest BCUT2D eigenvalue weighted by Gasteiger charge is -2.26. The van der Waals surface area contributed by atoms with Gasteiger partial charge in [-0.05, 0) is 24.1 Å². The first kappa shape index (κ1) is 17.5. The van der Waals surface area contributed by atoms with Crippen LogP contribution >= 0.6 is 0 Å². The molecule has 2 heterocycles. The molecule has 2 aliphatic rings. The van der Waals surface area contributed by atoms with Crippen molar-refractivity contribution in [2.75, 3.05) is 39.5 Å². The summed E-state index contributed by atoms with van der Waals surface area (Å²) in [6.07, 6.45) is 1.96. The Hall–Kier alpha value is -2.63. The van der Waals surface area contributed by atoms with Crippen LogP contribution in [0.2, 0.25) is 0 Å². The number of hydrogen-bond acceptors (Lipinski definition) is 4. The van der Waals surface area contributed by atoms with Crippen LogP contribution in [0.15, 0.2) is 48.5 Å². The van der Waals surface area contributed by atoms with E-state index in [9.17, 15) is 0 Å². The van der Waals surface area contributed by atoms with Crippen LogP contribution < -0.4 is 4.74 Å². The van der Waals surface area contributed by atoms with E-state index in [2.05, 4.69) is 57.6 Å². The van der Waals surface area contributed by atoms with Crippen molar-refractivity contribution in [3.63, 3.8) is 0 Å². The van der Waals surface area contributed by atoms with Crippen LogP contribution in [0.25, 0.3) is 22.5 Å². The van der Waals surface area contributed by atoms with Crippen molar-refractivity contribution in [2.45, 2.75) is 12.8 Å². The molecule has 5 rings (SSSR count). The van der Waals surface area contributed by atoms with Crippen molar-refractivity contribution in [3.8, 4) is 28.3 Å². The molecule has 3 aromatic rings. The molecule has 5 nitrogen and oxygen atoms in total. The SMILES string of the molecule is c1cc(OCCCN2CCOCC2)cc(-c2n[nH]c3c2Cc2ccccc2-3)c1. The van der Waals surface area contributed by atoms with Crippen molar-refractivity contribution >= 4 is 0 Å². The van der Waals surface area contributed by atoms with E-state index in [-0.39, 0.29) is 0 Å². The molecule has 0 atom stereocenters. The molecule has 144 valence electrons. The van der Waals surface area contributed by atoms with Gasteiger partial charge in [0, 0.05) is 42.7 Å². The minimum atomic E-state index is 0.727. The second kappa shape index (κ2) is 7.78. The van der Waals surface area contributed by atoms with Crippen LogP contribution in [0.5, 0.6) is 5.75 Å². The summed E-state index contributed by atoms with van der Waals surface area (Å²) in [4.78, 5) is 2.44. The van der Waals surface area contributed by atoms with Gasteiger partial charge in [0.1, 0.15) is 5.75 Å². The monoisotopic (exact) mass is 375 g/mol. The van der Waals surface area contributed by atoms with Crippen molar-refractivity contribution in [2.24, 2.45) is 0 Å². The molecule has 2 aromatic carbocycles. The third-order valence-corrected chi connectivity index (χ3v) is 5.62. The Balaban J connectivity index is 1.25. The van der Waals surface area contributed by atoms with Gasteiger partial charge in [-0.2, -0.15) is 5.10 Å². The van der Waals surface area contributed by atoms with E-state index in [1.165, 1.54) is 16.7 Å². The molecular formula is C23H25N3O2. The summed E-state index contributed by atoms with van der Waals surface area (Å²) in [6, 6.07) is 16.8. The topological polar surface area (TPSA) is 50.4 Å². The summed E-state index contributed by atoms with van der Waals surface area (Å²) in [5, 5.41) is 7.85. The van der Waals surface area contributed by atoms with Gasteiger partial charge in [0.25, 0.3) is 0 Å². The first-order chi connectivity index (χ1) is 13.9. The molecule has 1 fully saturated rings. The predicted molar refractivity (Wildman–Crippen MR) is 110 cm³/mol. The van der Waals surface area contributed by atoms with Gasteiger partial charge in [-0.3, -0.25) is 10.00 Å². The second-order valence-corrected chi connectivity index (χ2v) is 7.44. The maximum Gasteiger partial charge on any atom is 0.119 e. The maximum atomic E-state index is 6.02. The summed E-state index contributed by atoms with van der Waals surface area (Å²) < 4.78 is 11.4. The summed E-state index contributed by atoms with van der Waals surface area (Å²) in [6.45, 7) is 5.55. The molecule has 1 aliphatic carbocycles. The minimum absolute atomic E-state index is 0.727. The van der Waals surface area contributed by atoms with Gasteiger partial charge >= 0.3 is 0 Å². The molecule has 0 amide bonds. The highest BCUT2D eigenvalue weighted by Crippen LogP contribution is 2.40. The molecule has 1 N–H and O–H groups in total. The molecule has 0 spiro atoms. The second-order valence-electron chi connectivity index (χ2n) is 7.44. The van der Waals surface area contributed by atoms with Crippen molar-refractivity contribution in [1.29, 1.82) is 0 Å². The Bertz CT molecular complexity index is 960. The molecule has 0 bridgehead atoms. The smallest absolute Gasteiger partial charge is 0.119 e. The fourth-order valence-corrected chi connectivity index (χ4v) is 4.14. The zero-order valence-electron chi connectivity index (χ0n) is 16.0. The zero-order valence-corrected chi connectivity index (χ0v) is 16.0. The lowest BCUT2D eigenvalue weighted by Crippen LogP contribution is -2.37. The number of rotatable bonds is 6.